The normalized spacial score (nSPS) is 30.0. The van der Waals surface area contributed by atoms with Crippen LogP contribution in [0, 0.1) is 0 Å². The van der Waals surface area contributed by atoms with Crippen LogP contribution in [0.25, 0.3) is 11.2 Å². The average molecular weight is 283 g/mol. The van der Waals surface area contributed by atoms with Crippen molar-refractivity contribution < 1.29 is 19.3 Å². The number of aliphatic hydroxyl groups excluding tert-OH is 2. The van der Waals surface area contributed by atoms with Crippen molar-refractivity contribution in [1.82, 2.24) is 19.5 Å². The number of ether oxygens (including phenoxy) is 1. The lowest BCUT2D eigenvalue weighted by Gasteiger charge is -2.15. The van der Waals surface area contributed by atoms with Gasteiger partial charge in [-0.1, -0.05) is 0 Å². The Morgan fingerprint density at radius 1 is 1.50 bits per heavy atom. The van der Waals surface area contributed by atoms with Gasteiger partial charge in [0.05, 0.1) is 19.1 Å². The Labute approximate surface area is 113 Å². The van der Waals surface area contributed by atoms with Gasteiger partial charge in [0, 0.05) is 7.05 Å². The fraction of sp³-hybridized carbons (Fsp3) is 0.545. The second kappa shape index (κ2) is 4.93. The molecule has 4 unspecified atom stereocenters. The van der Waals surface area contributed by atoms with Gasteiger partial charge in [-0.2, -0.15) is 4.98 Å². The van der Waals surface area contributed by atoms with E-state index in [0.29, 0.717) is 17.1 Å². The molecule has 108 valence electrons. The summed E-state index contributed by atoms with van der Waals surface area (Å²) in [5, 5.41) is 21.5. The van der Waals surface area contributed by atoms with E-state index in [2.05, 4.69) is 20.3 Å². The van der Waals surface area contributed by atoms with Crippen molar-refractivity contribution in [3.05, 3.63) is 12.5 Å². The topological polar surface area (TPSA) is 105 Å². The van der Waals surface area contributed by atoms with Crippen molar-refractivity contribution in [1.29, 1.82) is 0 Å². The van der Waals surface area contributed by atoms with Crippen LogP contribution < -0.4 is 5.32 Å². The Bertz CT molecular complexity index is 621. The van der Waals surface area contributed by atoms with Crippen LogP contribution in [0.15, 0.2) is 12.5 Å². The molecule has 20 heavy (non-hydrogen) atoms. The first-order valence-corrected chi connectivity index (χ1v) is 6.11. The molecule has 2 aromatic heterocycles. The molecule has 0 aliphatic carbocycles. The number of hydrogen-bond acceptors (Lipinski definition) is 7. The predicted molar refractivity (Wildman–Crippen MR) is 66.8 cm³/mol. The van der Waals surface area contributed by atoms with Crippen LogP contribution in [0.2, 0.25) is 0 Å². The number of halogens is 1. The quantitative estimate of drug-likeness (QED) is 0.694. The highest BCUT2D eigenvalue weighted by Gasteiger charge is 2.45. The van der Waals surface area contributed by atoms with Gasteiger partial charge in [0.2, 0.25) is 5.95 Å². The predicted octanol–water partition coefficient (Wildman–Crippen LogP) is -0.543. The summed E-state index contributed by atoms with van der Waals surface area (Å²) in [6, 6.07) is 0. The van der Waals surface area contributed by atoms with Crippen molar-refractivity contribution in [2.45, 2.75) is 24.6 Å². The smallest absolute Gasteiger partial charge is 0.224 e. The Kier molecular flexibility index (Phi) is 3.24. The van der Waals surface area contributed by atoms with Crippen molar-refractivity contribution >= 4 is 17.1 Å². The first-order chi connectivity index (χ1) is 9.65. The maximum Gasteiger partial charge on any atom is 0.224 e. The van der Waals surface area contributed by atoms with Gasteiger partial charge in [0.25, 0.3) is 0 Å². The monoisotopic (exact) mass is 283 g/mol. The number of nitrogens with one attached hydrogen (secondary N) is 1. The van der Waals surface area contributed by atoms with E-state index in [4.69, 9.17) is 9.84 Å². The van der Waals surface area contributed by atoms with E-state index in [1.54, 1.807) is 7.05 Å². The molecule has 0 saturated carbocycles. The maximum absolute atomic E-state index is 14.1. The molecule has 3 N–H and O–H groups in total. The van der Waals surface area contributed by atoms with Crippen LogP contribution in [-0.4, -0.2) is 61.8 Å². The molecular formula is C11H14FN5O3. The number of alkyl halides is 1. The second-order valence-corrected chi connectivity index (χ2v) is 4.49. The van der Waals surface area contributed by atoms with Crippen molar-refractivity contribution in [3.63, 3.8) is 0 Å². The molecule has 4 atom stereocenters. The number of rotatable bonds is 3. The van der Waals surface area contributed by atoms with Crippen LogP contribution >= 0.6 is 0 Å². The third-order valence-corrected chi connectivity index (χ3v) is 3.29. The first-order valence-electron chi connectivity index (χ1n) is 6.11. The van der Waals surface area contributed by atoms with Crippen molar-refractivity contribution in [2.75, 3.05) is 19.0 Å². The Balaban J connectivity index is 2.02. The van der Waals surface area contributed by atoms with Crippen molar-refractivity contribution in [3.8, 4) is 0 Å². The number of imidazole rings is 1. The summed E-state index contributed by atoms with van der Waals surface area (Å²) in [5.41, 5.74) is 0.879. The second-order valence-electron chi connectivity index (χ2n) is 4.49. The van der Waals surface area contributed by atoms with Crippen LogP contribution in [-0.2, 0) is 4.74 Å². The number of hydrogen-bond donors (Lipinski definition) is 3. The van der Waals surface area contributed by atoms with Gasteiger partial charge in [-0.3, -0.25) is 4.57 Å². The number of anilines is 1. The Morgan fingerprint density at radius 3 is 2.95 bits per heavy atom. The fourth-order valence-corrected chi connectivity index (χ4v) is 2.21. The summed E-state index contributed by atoms with van der Waals surface area (Å²) < 4.78 is 20.8. The lowest BCUT2D eigenvalue weighted by Crippen LogP contribution is -2.30. The van der Waals surface area contributed by atoms with E-state index < -0.39 is 31.2 Å². The van der Waals surface area contributed by atoms with E-state index in [1.807, 2.05) is 0 Å². The molecule has 1 fully saturated rings. The third kappa shape index (κ3) is 1.90. The van der Waals surface area contributed by atoms with Gasteiger partial charge < -0.3 is 20.3 Å². The summed E-state index contributed by atoms with van der Waals surface area (Å²) in [6.45, 7) is -0.457. The molecule has 3 heterocycles. The summed E-state index contributed by atoms with van der Waals surface area (Å²) in [6.07, 6.45) is -2.20. The zero-order chi connectivity index (χ0) is 14.3. The van der Waals surface area contributed by atoms with Gasteiger partial charge in [-0.05, 0) is 0 Å². The lowest BCUT2D eigenvalue weighted by molar-refractivity contribution is -0.0459. The summed E-state index contributed by atoms with van der Waals surface area (Å²) in [5.74, 6) is 0.368. The lowest BCUT2D eigenvalue weighted by atomic mass is 10.1. The zero-order valence-corrected chi connectivity index (χ0v) is 10.6. The van der Waals surface area contributed by atoms with Gasteiger partial charge in [0.1, 0.15) is 17.7 Å². The molecule has 9 heteroatoms. The highest BCUT2D eigenvalue weighted by atomic mass is 19.1. The van der Waals surface area contributed by atoms with Crippen molar-refractivity contribution in [2.24, 2.45) is 0 Å². The molecule has 0 radical (unpaired) electrons. The van der Waals surface area contributed by atoms with E-state index in [1.165, 1.54) is 17.1 Å². The molecular weight excluding hydrogens is 269 g/mol. The standard InChI is InChI=1S/C11H14FN5O3/c1-13-11-14-2-5-9(16-11)17(4-15-5)10-7(12)8(19)6(3-18)20-10/h2,4,6-8,10,18-19H,3H2,1H3,(H,13,14,16). The van der Waals surface area contributed by atoms with Gasteiger partial charge >= 0.3 is 0 Å². The minimum absolute atomic E-state index is 0.368. The molecule has 3 rings (SSSR count). The zero-order valence-electron chi connectivity index (χ0n) is 10.6. The largest absolute Gasteiger partial charge is 0.394 e. The molecule has 1 saturated heterocycles. The molecule has 0 aromatic carbocycles. The van der Waals surface area contributed by atoms with Crippen LogP contribution in [0.5, 0.6) is 0 Å². The van der Waals surface area contributed by atoms with Crippen LogP contribution in [0.4, 0.5) is 10.3 Å². The van der Waals surface area contributed by atoms with Gasteiger partial charge in [-0.15, -0.1) is 0 Å². The number of aliphatic hydroxyl groups is 2. The highest BCUT2D eigenvalue weighted by molar-refractivity contribution is 5.71. The minimum Gasteiger partial charge on any atom is -0.394 e. The minimum atomic E-state index is -1.67. The van der Waals surface area contributed by atoms with Crippen LogP contribution in [0.3, 0.4) is 0 Å². The molecule has 1 aliphatic rings. The summed E-state index contributed by atoms with van der Waals surface area (Å²) in [7, 11) is 1.66. The molecule has 8 nitrogen and oxygen atoms in total. The Morgan fingerprint density at radius 2 is 2.30 bits per heavy atom. The maximum atomic E-state index is 14.1. The third-order valence-electron chi connectivity index (χ3n) is 3.29. The highest BCUT2D eigenvalue weighted by Crippen LogP contribution is 2.33. The SMILES string of the molecule is CNc1ncc2ncn(C3OC(CO)C(O)C3F)c2n1. The molecule has 2 aromatic rings. The van der Waals surface area contributed by atoms with Gasteiger partial charge in [0.15, 0.2) is 18.0 Å². The van der Waals surface area contributed by atoms with E-state index >= 15 is 0 Å². The van der Waals surface area contributed by atoms with Crippen LogP contribution in [0.1, 0.15) is 6.23 Å². The fourth-order valence-electron chi connectivity index (χ4n) is 2.21. The number of nitrogens with zero attached hydrogens (tertiary/aromatic N) is 4. The summed E-state index contributed by atoms with van der Waals surface area (Å²) in [4.78, 5) is 12.3. The Hall–Kier alpha value is -1.84. The average Bonchev–Trinajstić information content (AvgIpc) is 3.01. The van der Waals surface area contributed by atoms with E-state index in [0.717, 1.165) is 0 Å². The molecule has 0 spiro atoms. The molecule has 1 aliphatic heterocycles. The van der Waals surface area contributed by atoms with E-state index in [-0.39, 0.29) is 0 Å². The van der Waals surface area contributed by atoms with E-state index in [9.17, 15) is 9.50 Å². The van der Waals surface area contributed by atoms with Gasteiger partial charge in [-0.25, -0.2) is 14.4 Å². The molecule has 0 bridgehead atoms. The first kappa shape index (κ1) is 13.2. The number of aromatic nitrogens is 4. The molecule has 0 amide bonds. The number of fused-ring (bicyclic) bond motifs is 1. The summed E-state index contributed by atoms with van der Waals surface area (Å²) >= 11 is 0.